The Balaban J connectivity index is 1.21. The molecule has 2 aliphatic heterocycles. The Kier molecular flexibility index (Phi) is 7.73. The number of benzene rings is 2. The highest BCUT2D eigenvalue weighted by Gasteiger charge is 2.20. The Labute approximate surface area is 220 Å². The molecule has 0 bridgehead atoms. The van der Waals surface area contributed by atoms with Gasteiger partial charge in [-0.15, -0.1) is 0 Å². The third kappa shape index (κ3) is 5.96. The molecule has 3 aromatic rings. The lowest BCUT2D eigenvalue weighted by atomic mass is 10.2. The van der Waals surface area contributed by atoms with Gasteiger partial charge < -0.3 is 34.6 Å². The van der Waals surface area contributed by atoms with Crippen molar-refractivity contribution in [2.75, 3.05) is 73.6 Å². The van der Waals surface area contributed by atoms with Gasteiger partial charge in [-0.05, 0) is 60.7 Å². The molecule has 2 saturated heterocycles. The number of ether oxygens (including phenoxy) is 3. The number of aromatic nitrogens is 2. The molecular weight excluding hydrogens is 492 g/mol. The maximum Gasteiger partial charge on any atom is 0.253 e. The van der Waals surface area contributed by atoms with Gasteiger partial charge >= 0.3 is 0 Å². The quantitative estimate of drug-likeness (QED) is 0.472. The van der Waals surface area contributed by atoms with Crippen LogP contribution in [0.5, 0.6) is 5.75 Å². The maximum atomic E-state index is 12.0. The SMILES string of the molecule is COc1cnc(-c2ccc(NC(=S)Nc3ccc(N4CCOCC4=O)cc3)cc2)nc1N1CCOCC1. The van der Waals surface area contributed by atoms with E-state index in [9.17, 15) is 4.79 Å². The number of nitrogens with zero attached hydrogens (tertiary/aromatic N) is 4. The average Bonchev–Trinajstić information content (AvgIpc) is 2.94. The molecule has 1 amide bonds. The smallest absolute Gasteiger partial charge is 0.253 e. The number of hydrogen-bond donors (Lipinski definition) is 2. The fourth-order valence-electron chi connectivity index (χ4n) is 4.16. The summed E-state index contributed by atoms with van der Waals surface area (Å²) in [6.45, 7) is 4.05. The van der Waals surface area contributed by atoms with E-state index in [0.717, 1.165) is 41.5 Å². The van der Waals surface area contributed by atoms with Gasteiger partial charge in [0.1, 0.15) is 6.61 Å². The second-order valence-electron chi connectivity index (χ2n) is 8.49. The predicted octanol–water partition coefficient (Wildman–Crippen LogP) is 3.16. The van der Waals surface area contributed by atoms with Gasteiger partial charge in [0.25, 0.3) is 5.91 Å². The van der Waals surface area contributed by atoms with Crippen molar-refractivity contribution in [3.63, 3.8) is 0 Å². The number of methoxy groups -OCH3 is 1. The third-order valence-corrected chi connectivity index (χ3v) is 6.29. The van der Waals surface area contributed by atoms with Crippen LogP contribution < -0.4 is 25.2 Å². The summed E-state index contributed by atoms with van der Waals surface area (Å²) >= 11 is 5.48. The van der Waals surface area contributed by atoms with Crippen LogP contribution in [-0.4, -0.2) is 74.2 Å². The number of anilines is 4. The Morgan fingerprint density at radius 3 is 2.24 bits per heavy atom. The fraction of sp³-hybridized carbons (Fsp3) is 0.308. The highest BCUT2D eigenvalue weighted by molar-refractivity contribution is 7.80. The van der Waals surface area contributed by atoms with Crippen LogP contribution in [0.15, 0.2) is 54.7 Å². The summed E-state index contributed by atoms with van der Waals surface area (Å²) in [5.74, 6) is 2.00. The number of morpholine rings is 2. The summed E-state index contributed by atoms with van der Waals surface area (Å²) in [6, 6.07) is 15.3. The number of carbonyl (C=O) groups is 1. The Bertz CT molecular complexity index is 1250. The molecule has 10 nitrogen and oxygen atoms in total. The van der Waals surface area contributed by atoms with Crippen LogP contribution in [0.1, 0.15) is 0 Å². The van der Waals surface area contributed by atoms with Crippen molar-refractivity contribution in [1.82, 2.24) is 9.97 Å². The molecule has 192 valence electrons. The van der Waals surface area contributed by atoms with E-state index in [-0.39, 0.29) is 12.5 Å². The minimum atomic E-state index is -0.0371. The zero-order valence-corrected chi connectivity index (χ0v) is 21.3. The summed E-state index contributed by atoms with van der Waals surface area (Å²) in [5.41, 5.74) is 3.38. The molecule has 5 rings (SSSR count). The molecule has 0 unspecified atom stereocenters. The molecule has 2 aliphatic rings. The second kappa shape index (κ2) is 11.5. The molecule has 2 N–H and O–H groups in total. The Morgan fingerprint density at radius 1 is 0.946 bits per heavy atom. The van der Waals surface area contributed by atoms with Crippen molar-refractivity contribution < 1.29 is 19.0 Å². The van der Waals surface area contributed by atoms with Crippen molar-refractivity contribution in [1.29, 1.82) is 0 Å². The lowest BCUT2D eigenvalue weighted by molar-refractivity contribution is -0.125. The number of hydrogen-bond acceptors (Lipinski definition) is 8. The molecule has 2 aromatic carbocycles. The molecule has 0 aliphatic carbocycles. The van der Waals surface area contributed by atoms with Crippen molar-refractivity contribution in [2.45, 2.75) is 0 Å². The monoisotopic (exact) mass is 520 g/mol. The predicted molar refractivity (Wildman–Crippen MR) is 147 cm³/mol. The van der Waals surface area contributed by atoms with Crippen LogP contribution in [0.25, 0.3) is 11.4 Å². The molecule has 0 radical (unpaired) electrons. The van der Waals surface area contributed by atoms with Gasteiger partial charge in [0.15, 0.2) is 22.5 Å². The van der Waals surface area contributed by atoms with Crippen LogP contribution in [0.3, 0.4) is 0 Å². The van der Waals surface area contributed by atoms with Crippen molar-refractivity contribution >= 4 is 46.1 Å². The molecule has 0 saturated carbocycles. The highest BCUT2D eigenvalue weighted by atomic mass is 32.1. The minimum absolute atomic E-state index is 0.0371. The molecule has 1 aromatic heterocycles. The molecule has 0 spiro atoms. The van der Waals surface area contributed by atoms with Gasteiger partial charge in [0.2, 0.25) is 0 Å². The standard InChI is InChI=1S/C26H28N6O4S/c1-34-22-16-27-24(30-25(22)31-10-13-35-14-11-31)18-2-4-19(5-3-18)28-26(37)29-20-6-8-21(9-7-20)32-12-15-36-17-23(32)33/h2-9,16H,10-15,17H2,1H3,(H2,28,29,37). The summed E-state index contributed by atoms with van der Waals surface area (Å²) in [6.07, 6.45) is 1.71. The second-order valence-corrected chi connectivity index (χ2v) is 8.89. The number of carbonyl (C=O) groups excluding carboxylic acids is 1. The normalized spacial score (nSPS) is 15.9. The van der Waals surface area contributed by atoms with Gasteiger partial charge in [0, 0.05) is 42.3 Å². The van der Waals surface area contributed by atoms with E-state index in [4.69, 9.17) is 31.4 Å². The average molecular weight is 521 g/mol. The first-order chi connectivity index (χ1) is 18.1. The van der Waals surface area contributed by atoms with E-state index in [0.29, 0.717) is 43.1 Å². The first kappa shape index (κ1) is 24.9. The molecule has 2 fully saturated rings. The van der Waals surface area contributed by atoms with E-state index >= 15 is 0 Å². The number of nitrogens with one attached hydrogen (secondary N) is 2. The largest absolute Gasteiger partial charge is 0.491 e. The summed E-state index contributed by atoms with van der Waals surface area (Å²) in [4.78, 5) is 25.2. The van der Waals surface area contributed by atoms with Crippen LogP contribution in [0.2, 0.25) is 0 Å². The lowest BCUT2D eigenvalue weighted by Crippen LogP contribution is -2.41. The van der Waals surface area contributed by atoms with Crippen LogP contribution in [-0.2, 0) is 14.3 Å². The number of thiocarbonyl (C=S) groups is 1. The van der Waals surface area contributed by atoms with E-state index in [2.05, 4.69) is 20.5 Å². The summed E-state index contributed by atoms with van der Waals surface area (Å²) in [5, 5.41) is 6.82. The topological polar surface area (TPSA) is 101 Å². The molecule has 11 heteroatoms. The van der Waals surface area contributed by atoms with Crippen molar-refractivity contribution in [2.24, 2.45) is 0 Å². The van der Waals surface area contributed by atoms with Gasteiger partial charge in [-0.1, -0.05) is 0 Å². The van der Waals surface area contributed by atoms with Crippen LogP contribution in [0, 0.1) is 0 Å². The van der Waals surface area contributed by atoms with E-state index < -0.39 is 0 Å². The number of rotatable bonds is 6. The van der Waals surface area contributed by atoms with E-state index in [1.54, 1.807) is 18.2 Å². The van der Waals surface area contributed by atoms with E-state index in [1.165, 1.54) is 0 Å². The Hall–Kier alpha value is -3.80. The van der Waals surface area contributed by atoms with Crippen molar-refractivity contribution in [3.05, 3.63) is 54.7 Å². The van der Waals surface area contributed by atoms with Crippen molar-refractivity contribution in [3.8, 4) is 17.1 Å². The first-order valence-electron chi connectivity index (χ1n) is 12.0. The van der Waals surface area contributed by atoms with Gasteiger partial charge in [0.05, 0.1) is 33.1 Å². The lowest BCUT2D eigenvalue weighted by Gasteiger charge is -2.28. The molecule has 3 heterocycles. The minimum Gasteiger partial charge on any atom is -0.491 e. The first-order valence-corrected chi connectivity index (χ1v) is 12.4. The highest BCUT2D eigenvalue weighted by Crippen LogP contribution is 2.29. The zero-order valence-electron chi connectivity index (χ0n) is 20.5. The van der Waals surface area contributed by atoms with E-state index in [1.807, 2.05) is 48.5 Å². The van der Waals surface area contributed by atoms with Gasteiger partial charge in [-0.25, -0.2) is 9.97 Å². The maximum absolute atomic E-state index is 12.0. The fourth-order valence-corrected chi connectivity index (χ4v) is 4.39. The van der Waals surface area contributed by atoms with Gasteiger partial charge in [-0.2, -0.15) is 0 Å². The molecular formula is C26H28N6O4S. The molecule has 0 atom stereocenters. The summed E-state index contributed by atoms with van der Waals surface area (Å²) < 4.78 is 16.1. The van der Waals surface area contributed by atoms with Crippen LogP contribution >= 0.6 is 12.2 Å². The van der Waals surface area contributed by atoms with Gasteiger partial charge in [-0.3, -0.25) is 4.79 Å². The third-order valence-electron chi connectivity index (χ3n) is 6.09. The number of amides is 1. The Morgan fingerprint density at radius 2 is 1.59 bits per heavy atom. The summed E-state index contributed by atoms with van der Waals surface area (Å²) in [7, 11) is 1.62. The molecule has 37 heavy (non-hydrogen) atoms. The van der Waals surface area contributed by atoms with Crippen LogP contribution in [0.4, 0.5) is 22.9 Å². The zero-order chi connectivity index (χ0) is 25.6.